The fourth-order valence-corrected chi connectivity index (χ4v) is 1.81. The van der Waals surface area contributed by atoms with Crippen LogP contribution in [0.3, 0.4) is 0 Å². The Hall–Kier alpha value is -2.18. The topological polar surface area (TPSA) is 83.7 Å². The maximum Gasteiger partial charge on any atom is 0.338 e. The van der Waals surface area contributed by atoms with Gasteiger partial charge in [0.1, 0.15) is 17.1 Å². The van der Waals surface area contributed by atoms with E-state index in [1.165, 1.54) is 4.90 Å². The van der Waals surface area contributed by atoms with Gasteiger partial charge in [-0.3, -0.25) is 10.1 Å². The SMILES string of the molecule is CC(C)CN(C)c1cc(F)c(C(=O)O)cc1[N+](=O)[O-]. The lowest BCUT2D eigenvalue weighted by Crippen LogP contribution is -2.23. The van der Waals surface area contributed by atoms with Crippen LogP contribution >= 0.6 is 0 Å². The molecular weight excluding hydrogens is 255 g/mol. The van der Waals surface area contributed by atoms with Crippen LogP contribution in [0.5, 0.6) is 0 Å². The number of rotatable bonds is 5. The van der Waals surface area contributed by atoms with Crippen LogP contribution in [-0.2, 0) is 0 Å². The number of halogens is 1. The summed E-state index contributed by atoms with van der Waals surface area (Å²) in [5.41, 5.74) is -1.04. The number of nitrogens with zero attached hydrogens (tertiary/aromatic N) is 2. The standard InChI is InChI=1S/C12H15FN2O4/c1-7(2)6-14(3)10-5-9(13)8(12(16)17)4-11(10)15(18)19/h4-5,7H,6H2,1-3H3,(H,16,17). The molecule has 0 aliphatic heterocycles. The number of nitro benzene ring substituents is 1. The van der Waals surface area contributed by atoms with Gasteiger partial charge in [0.25, 0.3) is 5.69 Å². The normalized spacial score (nSPS) is 10.6. The monoisotopic (exact) mass is 270 g/mol. The highest BCUT2D eigenvalue weighted by Crippen LogP contribution is 2.30. The van der Waals surface area contributed by atoms with Crippen LogP contribution in [0.4, 0.5) is 15.8 Å². The second-order valence-electron chi connectivity index (χ2n) is 4.66. The molecule has 104 valence electrons. The number of hydrogen-bond donors (Lipinski definition) is 1. The summed E-state index contributed by atoms with van der Waals surface area (Å²) >= 11 is 0. The van der Waals surface area contributed by atoms with E-state index in [0.29, 0.717) is 6.54 Å². The highest BCUT2D eigenvalue weighted by atomic mass is 19.1. The Morgan fingerprint density at radius 2 is 2.11 bits per heavy atom. The summed E-state index contributed by atoms with van der Waals surface area (Å²) in [6.07, 6.45) is 0. The van der Waals surface area contributed by atoms with Gasteiger partial charge in [0.2, 0.25) is 0 Å². The maximum atomic E-state index is 13.6. The van der Waals surface area contributed by atoms with Crippen molar-refractivity contribution in [2.75, 3.05) is 18.5 Å². The Morgan fingerprint density at radius 3 is 2.53 bits per heavy atom. The first-order valence-electron chi connectivity index (χ1n) is 5.66. The Labute approximate surface area is 109 Å². The lowest BCUT2D eigenvalue weighted by Gasteiger charge is -2.21. The van der Waals surface area contributed by atoms with Gasteiger partial charge >= 0.3 is 5.97 Å². The summed E-state index contributed by atoms with van der Waals surface area (Å²) in [5.74, 6) is -2.28. The number of anilines is 1. The molecule has 0 aliphatic rings. The van der Waals surface area contributed by atoms with Crippen LogP contribution in [0.1, 0.15) is 24.2 Å². The smallest absolute Gasteiger partial charge is 0.338 e. The molecule has 0 amide bonds. The zero-order valence-corrected chi connectivity index (χ0v) is 10.9. The molecule has 0 fully saturated rings. The van der Waals surface area contributed by atoms with Crippen molar-refractivity contribution in [2.45, 2.75) is 13.8 Å². The van der Waals surface area contributed by atoms with E-state index in [1.54, 1.807) is 7.05 Å². The molecule has 6 nitrogen and oxygen atoms in total. The number of carboxylic acids is 1. The van der Waals surface area contributed by atoms with Gasteiger partial charge in [-0.15, -0.1) is 0 Å². The molecule has 0 spiro atoms. The van der Waals surface area contributed by atoms with Gasteiger partial charge in [-0.05, 0) is 5.92 Å². The number of hydrogen-bond acceptors (Lipinski definition) is 4. The molecule has 7 heteroatoms. The van der Waals surface area contributed by atoms with E-state index in [-0.39, 0.29) is 11.6 Å². The van der Waals surface area contributed by atoms with Crippen LogP contribution in [0.15, 0.2) is 12.1 Å². The molecule has 0 aliphatic carbocycles. The molecule has 19 heavy (non-hydrogen) atoms. The van der Waals surface area contributed by atoms with E-state index in [2.05, 4.69) is 0 Å². The van der Waals surface area contributed by atoms with Crippen molar-refractivity contribution in [3.8, 4) is 0 Å². The van der Waals surface area contributed by atoms with Crippen molar-refractivity contribution in [3.63, 3.8) is 0 Å². The summed E-state index contributed by atoms with van der Waals surface area (Å²) in [6.45, 7) is 4.33. The quantitative estimate of drug-likeness (QED) is 0.656. The van der Waals surface area contributed by atoms with Gasteiger partial charge in [-0.2, -0.15) is 0 Å². The van der Waals surface area contributed by atoms with Crippen LogP contribution in [0.2, 0.25) is 0 Å². The second-order valence-corrected chi connectivity index (χ2v) is 4.66. The predicted octanol–water partition coefficient (Wildman–Crippen LogP) is 2.52. The minimum absolute atomic E-state index is 0.0706. The summed E-state index contributed by atoms with van der Waals surface area (Å²) in [4.78, 5) is 22.6. The molecule has 1 aromatic carbocycles. The minimum atomic E-state index is -1.53. The van der Waals surface area contributed by atoms with E-state index >= 15 is 0 Å². The summed E-state index contributed by atoms with van der Waals surface area (Å²) in [5, 5.41) is 19.7. The number of carbonyl (C=O) groups is 1. The average molecular weight is 270 g/mol. The Morgan fingerprint density at radius 1 is 1.53 bits per heavy atom. The Bertz CT molecular complexity index is 517. The molecular formula is C12H15FN2O4. The van der Waals surface area contributed by atoms with Gasteiger partial charge in [0.15, 0.2) is 0 Å². The van der Waals surface area contributed by atoms with Crippen molar-refractivity contribution < 1.29 is 19.2 Å². The summed E-state index contributed by atoms with van der Waals surface area (Å²) < 4.78 is 13.6. The summed E-state index contributed by atoms with van der Waals surface area (Å²) in [6, 6.07) is 1.65. The molecule has 0 unspecified atom stereocenters. The minimum Gasteiger partial charge on any atom is -0.478 e. The van der Waals surface area contributed by atoms with Gasteiger partial charge in [0, 0.05) is 25.7 Å². The largest absolute Gasteiger partial charge is 0.478 e. The van der Waals surface area contributed by atoms with Crippen molar-refractivity contribution in [1.29, 1.82) is 0 Å². The number of aromatic carboxylic acids is 1. The molecule has 1 aromatic rings. The zero-order valence-electron chi connectivity index (χ0n) is 10.9. The molecule has 0 atom stereocenters. The molecule has 0 saturated carbocycles. The molecule has 0 bridgehead atoms. The van der Waals surface area contributed by atoms with Crippen LogP contribution in [0, 0.1) is 21.8 Å². The maximum absolute atomic E-state index is 13.6. The van der Waals surface area contributed by atoms with E-state index in [9.17, 15) is 19.3 Å². The van der Waals surface area contributed by atoms with E-state index in [4.69, 9.17) is 5.11 Å². The fourth-order valence-electron chi connectivity index (χ4n) is 1.81. The van der Waals surface area contributed by atoms with Gasteiger partial charge in [-0.1, -0.05) is 13.8 Å². The van der Waals surface area contributed by atoms with Crippen LogP contribution in [-0.4, -0.2) is 29.6 Å². The second kappa shape index (κ2) is 5.64. The highest BCUT2D eigenvalue weighted by molar-refractivity contribution is 5.90. The first-order chi connectivity index (χ1) is 8.73. The van der Waals surface area contributed by atoms with Crippen LogP contribution < -0.4 is 4.90 Å². The summed E-state index contributed by atoms with van der Waals surface area (Å²) in [7, 11) is 1.60. The molecule has 0 radical (unpaired) electrons. The highest BCUT2D eigenvalue weighted by Gasteiger charge is 2.24. The van der Waals surface area contributed by atoms with Crippen molar-refractivity contribution >= 4 is 17.3 Å². The van der Waals surface area contributed by atoms with Gasteiger partial charge < -0.3 is 10.0 Å². The number of carboxylic acid groups (broad SMARTS) is 1. The lowest BCUT2D eigenvalue weighted by atomic mass is 10.1. The number of benzene rings is 1. The van der Waals surface area contributed by atoms with Crippen LogP contribution in [0.25, 0.3) is 0 Å². The van der Waals surface area contributed by atoms with E-state index < -0.39 is 28.0 Å². The Balaban J connectivity index is 3.34. The third-order valence-electron chi connectivity index (χ3n) is 2.54. The van der Waals surface area contributed by atoms with Crippen molar-refractivity contribution in [3.05, 3.63) is 33.6 Å². The predicted molar refractivity (Wildman–Crippen MR) is 68.1 cm³/mol. The zero-order chi connectivity index (χ0) is 14.7. The third-order valence-corrected chi connectivity index (χ3v) is 2.54. The average Bonchev–Trinajstić information content (AvgIpc) is 2.26. The Kier molecular flexibility index (Phi) is 4.42. The lowest BCUT2D eigenvalue weighted by molar-refractivity contribution is -0.384. The molecule has 0 heterocycles. The van der Waals surface area contributed by atoms with Crippen molar-refractivity contribution in [1.82, 2.24) is 0 Å². The fraction of sp³-hybridized carbons (Fsp3) is 0.417. The first kappa shape index (κ1) is 14.9. The number of nitro groups is 1. The molecule has 0 aromatic heterocycles. The van der Waals surface area contributed by atoms with Gasteiger partial charge in [-0.25, -0.2) is 9.18 Å². The van der Waals surface area contributed by atoms with E-state index in [0.717, 1.165) is 12.1 Å². The van der Waals surface area contributed by atoms with Gasteiger partial charge in [0.05, 0.1) is 4.92 Å². The molecule has 0 saturated heterocycles. The first-order valence-corrected chi connectivity index (χ1v) is 5.66. The van der Waals surface area contributed by atoms with E-state index in [1.807, 2.05) is 13.8 Å². The molecule has 1 N–H and O–H groups in total. The molecule has 1 rings (SSSR count). The van der Waals surface area contributed by atoms with Crippen molar-refractivity contribution in [2.24, 2.45) is 5.92 Å². The third kappa shape index (κ3) is 3.40.